The van der Waals surface area contributed by atoms with Crippen molar-refractivity contribution in [3.05, 3.63) is 89.3 Å². The van der Waals surface area contributed by atoms with E-state index in [0.29, 0.717) is 29.8 Å². The summed E-state index contributed by atoms with van der Waals surface area (Å²) >= 11 is 0. The number of aliphatic hydroxyl groups excluding tert-OH is 1. The molecule has 0 saturated carbocycles. The first kappa shape index (κ1) is 39.0. The van der Waals surface area contributed by atoms with Crippen LogP contribution < -0.4 is 20.0 Å². The second-order valence-corrected chi connectivity index (χ2v) is 14.7. The topological polar surface area (TPSA) is 217 Å². The number of thiol groups is 1. The minimum Gasteiger partial charge on any atom is -0.595 e. The van der Waals surface area contributed by atoms with E-state index in [1.807, 2.05) is 4.72 Å². The number of hydrogen-bond acceptors (Lipinski definition) is 12. The van der Waals surface area contributed by atoms with Crippen LogP contribution in [0, 0.1) is 16.8 Å². The molecule has 0 aliphatic carbocycles. The molecule has 5 N–H and O–H groups in total. The number of quaternary nitrogens is 1. The number of unbranched alkanes of at least 4 members (excludes halogenated alkanes) is 1. The van der Waals surface area contributed by atoms with Gasteiger partial charge in [-0.15, -0.1) is 4.36 Å². The van der Waals surface area contributed by atoms with Crippen LogP contribution in [0.4, 0.5) is 36.6 Å². The van der Waals surface area contributed by atoms with Crippen LogP contribution in [0.25, 0.3) is 11.3 Å². The quantitative estimate of drug-likeness (QED) is 0.0591. The van der Waals surface area contributed by atoms with Gasteiger partial charge in [0.15, 0.2) is 16.4 Å². The fraction of sp³-hybridized carbons (Fsp3) is 0.281. The number of sulfonamides is 1. The summed E-state index contributed by atoms with van der Waals surface area (Å²) in [6.07, 6.45) is 0.901. The molecule has 15 nitrogen and oxygen atoms in total. The van der Waals surface area contributed by atoms with Crippen molar-refractivity contribution in [2.45, 2.75) is 49.9 Å². The van der Waals surface area contributed by atoms with Crippen molar-refractivity contribution in [3.63, 3.8) is 0 Å². The van der Waals surface area contributed by atoms with E-state index in [9.17, 15) is 32.2 Å². The smallest absolute Gasteiger partial charge is 0.442 e. The first-order valence-corrected chi connectivity index (χ1v) is 18.1. The normalized spacial score (nSPS) is 13.0. The summed E-state index contributed by atoms with van der Waals surface area (Å²) in [5.41, 5.74) is -1.60. The van der Waals surface area contributed by atoms with E-state index in [2.05, 4.69) is 19.6 Å². The van der Waals surface area contributed by atoms with Crippen molar-refractivity contribution in [1.29, 1.82) is 0 Å². The summed E-state index contributed by atoms with van der Waals surface area (Å²) in [7, 11) is -7.03. The van der Waals surface area contributed by atoms with Gasteiger partial charge in [0.1, 0.15) is 22.9 Å². The van der Waals surface area contributed by atoms with Gasteiger partial charge in [-0.25, -0.2) is 37.2 Å². The summed E-state index contributed by atoms with van der Waals surface area (Å²) in [4.78, 5) is 19.6. The van der Waals surface area contributed by atoms with Crippen molar-refractivity contribution in [2.24, 2.45) is 4.36 Å². The SMILES string of the molecule is CC(C)(C)OC(=O)/N=[SH](=O)/Cc1cc(Nc2ncc(F)c(-c3ccc(F)c(NS(=O)(=O)c4ccccc4[NH+]([O-])O)c3)n2)cc(OCCCCO)c1. The molecule has 51 heavy (non-hydrogen) atoms. The number of nitrogens with zero attached hydrogens (tertiary/aromatic N) is 3. The number of carbonyl (C=O) groups is 1. The Labute approximate surface area is 294 Å². The lowest BCUT2D eigenvalue weighted by atomic mass is 10.1. The molecule has 0 fully saturated rings. The monoisotopic (exact) mass is 750 g/mol. The van der Waals surface area contributed by atoms with E-state index in [4.69, 9.17) is 14.6 Å². The highest BCUT2D eigenvalue weighted by Crippen LogP contribution is 2.30. The van der Waals surface area contributed by atoms with Gasteiger partial charge in [0, 0.05) is 30.0 Å². The Morgan fingerprint density at radius 3 is 2.53 bits per heavy atom. The molecule has 0 radical (unpaired) electrons. The third-order valence-corrected chi connectivity index (χ3v) is 9.03. The van der Waals surface area contributed by atoms with Crippen LogP contribution in [0.15, 0.2) is 76.1 Å². The maximum atomic E-state index is 15.1. The molecule has 19 heteroatoms. The first-order chi connectivity index (χ1) is 24.0. The molecule has 3 aromatic carbocycles. The Morgan fingerprint density at radius 1 is 1.08 bits per heavy atom. The highest BCUT2D eigenvalue weighted by atomic mass is 32.2. The van der Waals surface area contributed by atoms with Crippen LogP contribution in [0.3, 0.4) is 0 Å². The molecule has 1 amide bonds. The van der Waals surface area contributed by atoms with Gasteiger partial charge < -0.3 is 25.1 Å². The number of carbonyl (C=O) groups excluding carboxylic acids is 1. The average Bonchev–Trinajstić information content (AvgIpc) is 3.04. The van der Waals surface area contributed by atoms with Crippen LogP contribution in [0.1, 0.15) is 39.2 Å². The van der Waals surface area contributed by atoms with Crippen molar-refractivity contribution in [2.75, 3.05) is 23.3 Å². The largest absolute Gasteiger partial charge is 0.595 e. The number of benzene rings is 3. The maximum Gasteiger partial charge on any atom is 0.442 e. The van der Waals surface area contributed by atoms with Gasteiger partial charge in [0.25, 0.3) is 10.0 Å². The highest BCUT2D eigenvalue weighted by Gasteiger charge is 2.24. The molecule has 0 spiro atoms. The number of ether oxygens (including phenoxy) is 2. The van der Waals surface area contributed by atoms with Crippen LogP contribution >= 0.6 is 0 Å². The Morgan fingerprint density at radius 2 is 1.82 bits per heavy atom. The standard InChI is InChI=1S/C32H36F2N6O9S2/c1-32(2,3)49-31(42)38-50(45)19-20-14-22(17-23(15-20)48-13-7-6-12-41)36-30-35-18-25(34)29(37-30)21-10-11-24(33)26(16-21)39-51(46,47)28-9-5-4-8-27(28)40(43)44/h4-5,8-11,14-18,39-41,43,50H,6-7,12-13,19H2,1-3H3,(H,35,36,37). The van der Waals surface area contributed by atoms with Gasteiger partial charge in [-0.3, -0.25) is 8.93 Å². The Bertz CT molecular complexity index is 2070. The summed E-state index contributed by atoms with van der Waals surface area (Å²) in [6, 6.07) is 12.5. The summed E-state index contributed by atoms with van der Waals surface area (Å²) < 4.78 is 85.3. The number of halogens is 2. The van der Waals surface area contributed by atoms with Gasteiger partial charge in [-0.2, -0.15) is 5.23 Å². The fourth-order valence-corrected chi connectivity index (χ4v) is 6.51. The van der Waals surface area contributed by atoms with E-state index < -0.39 is 65.4 Å². The molecular weight excluding hydrogens is 715 g/mol. The van der Waals surface area contributed by atoms with E-state index in [1.165, 1.54) is 12.1 Å². The molecule has 4 rings (SSSR count). The average molecular weight is 751 g/mol. The lowest BCUT2D eigenvalue weighted by molar-refractivity contribution is -0.992. The summed E-state index contributed by atoms with van der Waals surface area (Å²) in [6.45, 7) is 5.16. The van der Waals surface area contributed by atoms with Crippen molar-refractivity contribution < 1.29 is 51.2 Å². The third-order valence-electron chi connectivity index (χ3n) is 6.58. The van der Waals surface area contributed by atoms with Gasteiger partial charge in [-0.05, 0) is 75.6 Å². The van der Waals surface area contributed by atoms with Crippen molar-refractivity contribution in [3.8, 4) is 17.0 Å². The fourth-order valence-electron chi connectivity index (χ4n) is 4.46. The predicted molar refractivity (Wildman–Crippen MR) is 184 cm³/mol. The third kappa shape index (κ3) is 11.4. The lowest BCUT2D eigenvalue weighted by Gasteiger charge is -2.17. The molecule has 274 valence electrons. The highest BCUT2D eigenvalue weighted by molar-refractivity contribution is 7.92. The summed E-state index contributed by atoms with van der Waals surface area (Å²) in [5, 5.41) is 31.5. The zero-order valence-corrected chi connectivity index (χ0v) is 29.3. The first-order valence-electron chi connectivity index (χ1n) is 15.3. The predicted octanol–water partition coefficient (Wildman–Crippen LogP) is 4.62. The van der Waals surface area contributed by atoms with Crippen molar-refractivity contribution >= 4 is 49.7 Å². The van der Waals surface area contributed by atoms with E-state index in [-0.39, 0.29) is 36.2 Å². The number of anilines is 3. The minimum atomic E-state index is -4.60. The number of para-hydroxylation sites is 1. The van der Waals surface area contributed by atoms with Crippen LogP contribution in [0.5, 0.6) is 5.75 Å². The molecule has 0 bridgehead atoms. The minimum absolute atomic E-state index is 0.0206. The van der Waals surface area contributed by atoms with Gasteiger partial charge in [0.2, 0.25) is 5.95 Å². The number of rotatable bonds is 14. The van der Waals surface area contributed by atoms with Gasteiger partial charge in [0.05, 0.1) is 34.8 Å². The Hall–Kier alpha value is -4.79. The van der Waals surface area contributed by atoms with Gasteiger partial charge >= 0.3 is 6.09 Å². The Balaban J connectivity index is 1.63. The zero-order chi connectivity index (χ0) is 37.3. The molecule has 1 heterocycles. The van der Waals surface area contributed by atoms with Crippen LogP contribution in [-0.4, -0.2) is 57.8 Å². The summed E-state index contributed by atoms with van der Waals surface area (Å²) in [5.74, 6) is -1.93. The number of amides is 1. The van der Waals surface area contributed by atoms with Gasteiger partial charge in [-0.1, -0.05) is 12.1 Å². The molecular formula is C32H36F2N6O9S2. The molecule has 0 saturated heterocycles. The van der Waals surface area contributed by atoms with E-state index >= 15 is 4.39 Å². The molecule has 0 aliphatic rings. The number of aliphatic hydroxyl groups is 1. The zero-order valence-electron chi connectivity index (χ0n) is 27.6. The van der Waals surface area contributed by atoms with Crippen LogP contribution in [-0.2, 0) is 31.1 Å². The molecule has 0 aliphatic heterocycles. The number of aromatic nitrogens is 2. The molecule has 1 aromatic heterocycles. The van der Waals surface area contributed by atoms with E-state index in [1.54, 1.807) is 39.0 Å². The van der Waals surface area contributed by atoms with Crippen molar-refractivity contribution in [1.82, 2.24) is 9.97 Å². The van der Waals surface area contributed by atoms with E-state index in [0.717, 1.165) is 36.5 Å². The molecule has 2 atom stereocenters. The lowest BCUT2D eigenvalue weighted by Crippen LogP contribution is -2.99. The maximum absolute atomic E-state index is 15.1. The Kier molecular flexibility index (Phi) is 13.0. The second kappa shape index (κ2) is 16.9. The van der Waals surface area contributed by atoms with Crippen LogP contribution in [0.2, 0.25) is 0 Å². The number of hydrogen-bond donors (Lipinski definition) is 6. The number of nitrogens with one attached hydrogen (secondary N) is 3. The molecule has 4 aromatic rings. The second-order valence-electron chi connectivity index (χ2n) is 11.9. The molecule has 2 unspecified atom stereocenters.